The summed E-state index contributed by atoms with van der Waals surface area (Å²) >= 11 is 0. The summed E-state index contributed by atoms with van der Waals surface area (Å²) in [4.78, 5) is 15.9. The van der Waals surface area contributed by atoms with Crippen LogP contribution in [0.2, 0.25) is 0 Å². The van der Waals surface area contributed by atoms with Gasteiger partial charge in [-0.15, -0.1) is 0 Å². The van der Waals surface area contributed by atoms with E-state index in [0.29, 0.717) is 6.54 Å². The summed E-state index contributed by atoms with van der Waals surface area (Å²) in [6, 6.07) is 19.5. The molecule has 2 aromatic carbocycles. The van der Waals surface area contributed by atoms with Crippen LogP contribution in [0.4, 0.5) is 0 Å². The first kappa shape index (κ1) is 18.9. The molecule has 5 rings (SSSR count). The van der Waals surface area contributed by atoms with E-state index in [9.17, 15) is 4.79 Å². The van der Waals surface area contributed by atoms with Gasteiger partial charge in [-0.3, -0.25) is 9.69 Å². The molecule has 3 heterocycles. The second kappa shape index (κ2) is 8.36. The topological polar surface area (TPSA) is 54.7 Å². The van der Waals surface area contributed by atoms with Crippen LogP contribution in [0.1, 0.15) is 48.1 Å². The van der Waals surface area contributed by atoms with Crippen LogP contribution in [0, 0.1) is 0 Å². The smallest absolute Gasteiger partial charge is 0.232 e. The molecule has 0 spiro atoms. The normalized spacial score (nSPS) is 17.5. The third kappa shape index (κ3) is 3.61. The quantitative estimate of drug-likeness (QED) is 0.662. The third-order valence-electron chi connectivity index (χ3n) is 6.11. The minimum absolute atomic E-state index is 0.00762. The molecule has 5 heteroatoms. The lowest BCUT2D eigenvalue weighted by Gasteiger charge is -2.34. The Morgan fingerprint density at radius 1 is 0.933 bits per heavy atom. The van der Waals surface area contributed by atoms with Crippen molar-refractivity contribution in [2.45, 2.75) is 31.2 Å². The highest BCUT2D eigenvalue weighted by Gasteiger charge is 2.33. The lowest BCUT2D eigenvalue weighted by atomic mass is 9.87. The Morgan fingerprint density at radius 2 is 1.60 bits per heavy atom. The summed E-state index contributed by atoms with van der Waals surface area (Å²) in [5.41, 5.74) is 1.81. The number of para-hydroxylation sites is 2. The van der Waals surface area contributed by atoms with Gasteiger partial charge >= 0.3 is 0 Å². The zero-order chi connectivity index (χ0) is 20.3. The average Bonchev–Trinajstić information content (AvgIpc) is 3.33. The summed E-state index contributed by atoms with van der Waals surface area (Å²) in [5, 5.41) is 3.22. The van der Waals surface area contributed by atoms with Gasteiger partial charge in [0.25, 0.3) is 0 Å². The molecule has 5 nitrogen and oxygen atoms in total. The maximum atomic E-state index is 13.5. The number of hydrogen-bond donors (Lipinski definition) is 1. The van der Waals surface area contributed by atoms with Crippen LogP contribution in [0.25, 0.3) is 0 Å². The van der Waals surface area contributed by atoms with Crippen molar-refractivity contribution in [2.24, 2.45) is 0 Å². The van der Waals surface area contributed by atoms with E-state index in [1.54, 1.807) is 6.26 Å². The van der Waals surface area contributed by atoms with Crippen molar-refractivity contribution >= 4 is 5.91 Å². The van der Waals surface area contributed by atoms with Crippen LogP contribution in [0.5, 0.6) is 11.5 Å². The van der Waals surface area contributed by atoms with E-state index in [-0.39, 0.29) is 17.9 Å². The number of ether oxygens (including phenoxy) is 1. The van der Waals surface area contributed by atoms with Crippen molar-refractivity contribution in [3.63, 3.8) is 0 Å². The minimum Gasteiger partial charge on any atom is -0.468 e. The number of furan rings is 1. The van der Waals surface area contributed by atoms with E-state index in [1.807, 2.05) is 60.7 Å². The van der Waals surface area contributed by atoms with Gasteiger partial charge in [0.15, 0.2) is 0 Å². The highest BCUT2D eigenvalue weighted by Crippen LogP contribution is 2.44. The molecular weight excluding hydrogens is 376 g/mol. The number of nitrogens with one attached hydrogen (secondary N) is 1. The molecule has 0 radical (unpaired) electrons. The Kier molecular flexibility index (Phi) is 5.28. The van der Waals surface area contributed by atoms with E-state index >= 15 is 0 Å². The van der Waals surface area contributed by atoms with Crippen molar-refractivity contribution in [3.8, 4) is 11.5 Å². The Morgan fingerprint density at radius 3 is 2.23 bits per heavy atom. The summed E-state index contributed by atoms with van der Waals surface area (Å²) in [7, 11) is 0. The van der Waals surface area contributed by atoms with Crippen LogP contribution < -0.4 is 10.1 Å². The fourth-order valence-electron chi connectivity index (χ4n) is 4.61. The van der Waals surface area contributed by atoms with Crippen LogP contribution in [0.3, 0.4) is 0 Å². The number of hydrogen-bond acceptors (Lipinski definition) is 4. The summed E-state index contributed by atoms with van der Waals surface area (Å²) in [6.45, 7) is 2.59. The number of likely N-dealkylation sites (tertiary alicyclic amines) is 1. The Balaban J connectivity index is 1.40. The highest BCUT2D eigenvalue weighted by atomic mass is 16.5. The Labute approximate surface area is 176 Å². The summed E-state index contributed by atoms with van der Waals surface area (Å²) < 4.78 is 11.8. The number of carbonyl (C=O) groups excluding carboxylic acids is 1. The summed E-state index contributed by atoms with van der Waals surface area (Å²) in [6.07, 6.45) is 5.35. The molecule has 0 unspecified atom stereocenters. The molecule has 30 heavy (non-hydrogen) atoms. The van der Waals surface area contributed by atoms with Gasteiger partial charge in [-0.1, -0.05) is 42.8 Å². The van der Waals surface area contributed by atoms with Crippen LogP contribution in [-0.4, -0.2) is 30.4 Å². The Bertz CT molecular complexity index is 963. The van der Waals surface area contributed by atoms with Gasteiger partial charge in [-0.2, -0.15) is 0 Å². The second-order valence-corrected chi connectivity index (χ2v) is 7.98. The number of piperidine rings is 1. The van der Waals surface area contributed by atoms with E-state index in [0.717, 1.165) is 41.5 Å². The molecule has 2 aliphatic heterocycles. The van der Waals surface area contributed by atoms with Crippen molar-refractivity contribution in [3.05, 3.63) is 83.8 Å². The number of carbonyl (C=O) groups is 1. The lowest BCUT2D eigenvalue weighted by molar-refractivity contribution is -0.122. The zero-order valence-electron chi connectivity index (χ0n) is 16.9. The number of rotatable bonds is 5. The molecule has 0 bridgehead atoms. The van der Waals surface area contributed by atoms with Gasteiger partial charge in [0, 0.05) is 17.7 Å². The van der Waals surface area contributed by atoms with E-state index in [4.69, 9.17) is 9.15 Å². The molecule has 1 saturated heterocycles. The van der Waals surface area contributed by atoms with Crippen LogP contribution >= 0.6 is 0 Å². The molecule has 0 aliphatic carbocycles. The van der Waals surface area contributed by atoms with Gasteiger partial charge in [0.2, 0.25) is 5.91 Å². The lowest BCUT2D eigenvalue weighted by Crippen LogP contribution is -2.42. The average molecular weight is 402 g/mol. The van der Waals surface area contributed by atoms with E-state index in [1.165, 1.54) is 19.3 Å². The standard InChI is InChI=1S/C25H26N2O3/c28-25(26-17-20(23-13-8-16-29-23)27-14-6-1-7-15-27)24-18-9-2-4-11-21(18)30-22-12-5-3-10-19(22)24/h2-5,8-13,16,20,24H,1,6-7,14-15,17H2,(H,26,28)/t20-/m0/s1. The zero-order valence-corrected chi connectivity index (χ0v) is 16.9. The second-order valence-electron chi connectivity index (χ2n) is 7.98. The van der Waals surface area contributed by atoms with Gasteiger partial charge in [0.1, 0.15) is 17.3 Å². The summed E-state index contributed by atoms with van der Waals surface area (Å²) in [5.74, 6) is 2.01. The van der Waals surface area contributed by atoms with E-state index < -0.39 is 0 Å². The molecule has 1 aromatic heterocycles. The first-order valence-electron chi connectivity index (χ1n) is 10.7. The Hall–Kier alpha value is -3.05. The number of amides is 1. The monoisotopic (exact) mass is 402 g/mol. The molecule has 1 N–H and O–H groups in total. The molecule has 1 atom stereocenters. The van der Waals surface area contributed by atoms with Gasteiger partial charge in [-0.05, 0) is 50.2 Å². The fourth-order valence-corrected chi connectivity index (χ4v) is 4.61. The number of nitrogens with zero attached hydrogens (tertiary/aromatic N) is 1. The van der Waals surface area contributed by atoms with Crippen LogP contribution in [-0.2, 0) is 4.79 Å². The van der Waals surface area contributed by atoms with Gasteiger partial charge < -0.3 is 14.5 Å². The molecule has 3 aromatic rings. The van der Waals surface area contributed by atoms with Crippen molar-refractivity contribution in [1.82, 2.24) is 10.2 Å². The SMILES string of the molecule is O=C(NC[C@@H](c1ccco1)N1CCCCC1)C1c2ccccc2Oc2ccccc21. The first-order valence-corrected chi connectivity index (χ1v) is 10.7. The maximum absolute atomic E-state index is 13.5. The van der Waals surface area contributed by atoms with Gasteiger partial charge in [0.05, 0.1) is 18.2 Å². The highest BCUT2D eigenvalue weighted by molar-refractivity contribution is 5.89. The molecular formula is C25H26N2O3. The van der Waals surface area contributed by atoms with Gasteiger partial charge in [-0.25, -0.2) is 0 Å². The van der Waals surface area contributed by atoms with Crippen molar-refractivity contribution < 1.29 is 13.9 Å². The van der Waals surface area contributed by atoms with E-state index in [2.05, 4.69) is 10.2 Å². The molecule has 1 amide bonds. The molecule has 1 fully saturated rings. The fraction of sp³-hybridized carbons (Fsp3) is 0.320. The predicted molar refractivity (Wildman–Crippen MR) is 115 cm³/mol. The number of benzene rings is 2. The molecule has 0 saturated carbocycles. The molecule has 2 aliphatic rings. The molecule has 154 valence electrons. The maximum Gasteiger partial charge on any atom is 0.232 e. The van der Waals surface area contributed by atoms with Crippen LogP contribution in [0.15, 0.2) is 71.3 Å². The number of fused-ring (bicyclic) bond motifs is 2. The minimum atomic E-state index is -0.384. The third-order valence-corrected chi connectivity index (χ3v) is 6.11. The predicted octanol–water partition coefficient (Wildman–Crippen LogP) is 4.86. The first-order chi connectivity index (χ1) is 14.8. The van der Waals surface area contributed by atoms with Crippen molar-refractivity contribution in [2.75, 3.05) is 19.6 Å². The largest absolute Gasteiger partial charge is 0.468 e. The van der Waals surface area contributed by atoms with Crippen molar-refractivity contribution in [1.29, 1.82) is 0 Å².